The van der Waals surface area contributed by atoms with Crippen molar-refractivity contribution in [3.05, 3.63) is 63.0 Å². The summed E-state index contributed by atoms with van der Waals surface area (Å²) in [6.07, 6.45) is 3.01. The van der Waals surface area contributed by atoms with E-state index in [0.717, 1.165) is 28.8 Å². The molecule has 186 valence electrons. The molecule has 1 unspecified atom stereocenters. The zero-order valence-corrected chi connectivity index (χ0v) is 21.0. The summed E-state index contributed by atoms with van der Waals surface area (Å²) in [5.41, 5.74) is 1.85. The fraction of sp³-hybridized carbons (Fsp3) is 0.462. The number of nitrogens with zero attached hydrogens (tertiary/aromatic N) is 1. The normalized spacial score (nSPS) is 28.5. The quantitative estimate of drug-likeness (QED) is 0.530. The van der Waals surface area contributed by atoms with Gasteiger partial charge in [-0.25, -0.2) is 9.59 Å². The second kappa shape index (κ2) is 9.29. The van der Waals surface area contributed by atoms with E-state index in [2.05, 4.69) is 15.5 Å². The van der Waals surface area contributed by atoms with Crippen molar-refractivity contribution in [2.75, 3.05) is 20.8 Å². The number of aliphatic hydroxyl groups is 1. The Morgan fingerprint density at radius 2 is 1.91 bits per heavy atom. The summed E-state index contributed by atoms with van der Waals surface area (Å²) in [5, 5.41) is 19.5. The minimum atomic E-state index is -0.984. The first-order valence-corrected chi connectivity index (χ1v) is 12.8. The molecule has 0 radical (unpaired) electrons. The highest BCUT2D eigenvalue weighted by atomic mass is 32.1. The molecule has 35 heavy (non-hydrogen) atoms. The van der Waals surface area contributed by atoms with Gasteiger partial charge < -0.3 is 25.2 Å². The van der Waals surface area contributed by atoms with Crippen LogP contribution in [0.3, 0.4) is 0 Å². The van der Waals surface area contributed by atoms with Crippen LogP contribution in [-0.4, -0.2) is 54.9 Å². The monoisotopic (exact) mass is 497 g/mol. The molecule has 4 heterocycles. The number of para-hydroxylation sites is 1. The molecule has 0 spiro atoms. The van der Waals surface area contributed by atoms with Crippen LogP contribution < -0.4 is 15.4 Å². The van der Waals surface area contributed by atoms with Crippen LogP contribution in [-0.2, 0) is 15.1 Å². The number of amides is 2. The summed E-state index contributed by atoms with van der Waals surface area (Å²) in [7, 11) is 2.98. The summed E-state index contributed by atoms with van der Waals surface area (Å²) in [5.74, 6) is 0.235. The highest BCUT2D eigenvalue weighted by molar-refractivity contribution is 7.10. The van der Waals surface area contributed by atoms with Crippen LogP contribution in [0, 0.1) is 6.92 Å². The third-order valence-corrected chi connectivity index (χ3v) is 8.67. The van der Waals surface area contributed by atoms with E-state index in [4.69, 9.17) is 9.47 Å². The number of thiophene rings is 1. The van der Waals surface area contributed by atoms with Crippen LogP contribution in [0.15, 0.2) is 47.0 Å². The molecule has 8 nitrogen and oxygen atoms in total. The van der Waals surface area contributed by atoms with Gasteiger partial charge in [0.25, 0.3) is 0 Å². The molecule has 2 saturated heterocycles. The van der Waals surface area contributed by atoms with Gasteiger partial charge in [-0.3, -0.25) is 4.90 Å². The Kier molecular flexibility index (Phi) is 6.33. The number of ether oxygens (including phenoxy) is 2. The molecule has 0 aliphatic carbocycles. The van der Waals surface area contributed by atoms with Gasteiger partial charge in [0.15, 0.2) is 0 Å². The maximum atomic E-state index is 12.9. The highest BCUT2D eigenvalue weighted by Crippen LogP contribution is 2.48. The SMILES string of the molecule is COC(=O)C1=C(CN2[C@@H]3CC[C@H]2CC(O)(c2ccccc2OC)C3)NC(=O)N[C@H]1c1sccc1C. The summed E-state index contributed by atoms with van der Waals surface area (Å²) < 4.78 is 10.7. The smallest absolute Gasteiger partial charge is 0.338 e. The number of esters is 1. The van der Waals surface area contributed by atoms with E-state index in [1.165, 1.54) is 18.4 Å². The number of carbonyl (C=O) groups excluding carboxylic acids is 2. The van der Waals surface area contributed by atoms with Gasteiger partial charge in [-0.05, 0) is 55.7 Å². The Morgan fingerprint density at radius 1 is 1.20 bits per heavy atom. The molecule has 3 aliphatic rings. The molecule has 5 rings (SSSR count). The molecule has 2 bridgehead atoms. The molecular weight excluding hydrogens is 466 g/mol. The average molecular weight is 498 g/mol. The minimum absolute atomic E-state index is 0.115. The number of urea groups is 1. The van der Waals surface area contributed by atoms with E-state index in [1.54, 1.807) is 7.11 Å². The van der Waals surface area contributed by atoms with Crippen molar-refractivity contribution in [2.24, 2.45) is 0 Å². The Morgan fingerprint density at radius 3 is 2.54 bits per heavy atom. The Balaban J connectivity index is 1.46. The molecule has 2 amide bonds. The largest absolute Gasteiger partial charge is 0.496 e. The van der Waals surface area contributed by atoms with Crippen LogP contribution in [0.25, 0.3) is 0 Å². The van der Waals surface area contributed by atoms with Crippen molar-refractivity contribution >= 4 is 23.3 Å². The average Bonchev–Trinajstić information content (AvgIpc) is 3.38. The number of hydrogen-bond donors (Lipinski definition) is 3. The minimum Gasteiger partial charge on any atom is -0.496 e. The first-order chi connectivity index (χ1) is 16.8. The lowest BCUT2D eigenvalue weighted by molar-refractivity contribution is -0.136. The predicted molar refractivity (Wildman–Crippen MR) is 132 cm³/mol. The van der Waals surface area contributed by atoms with Crippen molar-refractivity contribution in [1.82, 2.24) is 15.5 Å². The number of hydrogen-bond acceptors (Lipinski definition) is 7. The molecule has 2 fully saturated rings. The number of nitrogens with one attached hydrogen (secondary N) is 2. The lowest BCUT2D eigenvalue weighted by atomic mass is 9.80. The summed E-state index contributed by atoms with van der Waals surface area (Å²) in [6.45, 7) is 2.38. The molecular formula is C26H31N3O5S. The van der Waals surface area contributed by atoms with E-state index >= 15 is 0 Å². The number of carbonyl (C=O) groups is 2. The van der Waals surface area contributed by atoms with E-state index in [9.17, 15) is 14.7 Å². The standard InChI is InChI=1S/C26H31N3O5S/c1-15-10-11-35-23(15)22-21(24(30)34-3)19(27-25(31)28-22)14-29-16-8-9-17(29)13-26(32,12-16)18-6-4-5-7-20(18)33-2/h4-7,10-11,16-17,22,32H,8-9,12-14H2,1-3H3,(H2,27,28,31)/t16-,17+,22-,26?/m1/s1. The first-order valence-electron chi connectivity index (χ1n) is 11.9. The van der Waals surface area contributed by atoms with Crippen molar-refractivity contribution in [1.29, 1.82) is 0 Å². The number of piperidine rings is 1. The van der Waals surface area contributed by atoms with Crippen LogP contribution in [0.1, 0.15) is 47.7 Å². The maximum absolute atomic E-state index is 12.9. The summed E-state index contributed by atoms with van der Waals surface area (Å²) in [6, 6.07) is 8.97. The number of rotatable bonds is 6. The van der Waals surface area contributed by atoms with Crippen molar-refractivity contribution in [2.45, 2.75) is 56.3 Å². The first kappa shape index (κ1) is 23.8. The molecule has 4 atom stereocenters. The highest BCUT2D eigenvalue weighted by Gasteiger charge is 2.50. The summed E-state index contributed by atoms with van der Waals surface area (Å²) in [4.78, 5) is 28.8. The topological polar surface area (TPSA) is 100 Å². The van der Waals surface area contributed by atoms with Gasteiger partial charge >= 0.3 is 12.0 Å². The van der Waals surface area contributed by atoms with Gasteiger partial charge in [0, 0.05) is 34.8 Å². The van der Waals surface area contributed by atoms with Crippen LogP contribution in [0.2, 0.25) is 0 Å². The van der Waals surface area contributed by atoms with E-state index < -0.39 is 17.6 Å². The van der Waals surface area contributed by atoms with Crippen molar-refractivity contribution in [3.8, 4) is 5.75 Å². The third kappa shape index (κ3) is 4.22. The fourth-order valence-corrected chi connectivity index (χ4v) is 6.96. The zero-order chi connectivity index (χ0) is 24.7. The molecule has 9 heteroatoms. The van der Waals surface area contributed by atoms with E-state index in [1.807, 2.05) is 42.6 Å². The zero-order valence-electron chi connectivity index (χ0n) is 20.2. The Labute approximate surface area is 208 Å². The second-order valence-electron chi connectivity index (χ2n) is 9.58. The number of fused-ring (bicyclic) bond motifs is 2. The lowest BCUT2D eigenvalue weighted by Gasteiger charge is -2.45. The van der Waals surface area contributed by atoms with Crippen LogP contribution in [0.5, 0.6) is 5.75 Å². The van der Waals surface area contributed by atoms with Gasteiger partial charge in [0.05, 0.1) is 31.4 Å². The van der Waals surface area contributed by atoms with Gasteiger partial charge in [0.1, 0.15) is 5.75 Å². The Bertz CT molecular complexity index is 1160. The van der Waals surface area contributed by atoms with E-state index in [-0.39, 0.29) is 18.1 Å². The third-order valence-electron chi connectivity index (χ3n) is 7.59. The van der Waals surface area contributed by atoms with Crippen LogP contribution in [0.4, 0.5) is 4.79 Å². The number of methoxy groups -OCH3 is 2. The van der Waals surface area contributed by atoms with Crippen LogP contribution >= 0.6 is 11.3 Å². The predicted octanol–water partition coefficient (Wildman–Crippen LogP) is 3.36. The van der Waals surface area contributed by atoms with Gasteiger partial charge in [-0.2, -0.15) is 0 Å². The maximum Gasteiger partial charge on any atom is 0.338 e. The molecule has 1 aromatic carbocycles. The Hall–Kier alpha value is -2.88. The summed E-state index contributed by atoms with van der Waals surface area (Å²) >= 11 is 1.51. The fourth-order valence-electron chi connectivity index (χ4n) is 5.98. The molecule has 3 N–H and O–H groups in total. The van der Waals surface area contributed by atoms with Crippen molar-refractivity contribution < 1.29 is 24.2 Å². The van der Waals surface area contributed by atoms with E-state index in [0.29, 0.717) is 36.4 Å². The molecule has 1 aromatic heterocycles. The lowest BCUT2D eigenvalue weighted by Crippen LogP contribution is -2.53. The molecule has 0 saturated carbocycles. The molecule has 2 aromatic rings. The van der Waals surface area contributed by atoms with Gasteiger partial charge in [-0.15, -0.1) is 11.3 Å². The number of benzene rings is 1. The number of aryl methyl sites for hydroxylation is 1. The molecule has 3 aliphatic heterocycles. The van der Waals surface area contributed by atoms with Gasteiger partial charge in [-0.1, -0.05) is 18.2 Å². The van der Waals surface area contributed by atoms with Gasteiger partial charge in [0.2, 0.25) is 0 Å². The van der Waals surface area contributed by atoms with Crippen molar-refractivity contribution in [3.63, 3.8) is 0 Å². The second-order valence-corrected chi connectivity index (χ2v) is 10.5.